The summed E-state index contributed by atoms with van der Waals surface area (Å²) >= 11 is 0. The Morgan fingerprint density at radius 3 is 2.35 bits per heavy atom. The molecule has 0 radical (unpaired) electrons. The van der Waals surface area contributed by atoms with E-state index in [9.17, 15) is 39.9 Å². The van der Waals surface area contributed by atoms with Crippen molar-refractivity contribution in [1.29, 1.82) is 0 Å². The second-order valence-corrected chi connectivity index (χ2v) is 10.8. The van der Waals surface area contributed by atoms with E-state index in [0.29, 0.717) is 11.3 Å². The number of benzene rings is 1. The number of allylic oxidation sites excluding steroid dienone is 1. The standard InChI is InChI=1S/C27H35N3O10/c1-29(2)15-10-13(26(37)40-7-6-39-5)20(31)17-12(15)8-11-9-14-19(30(3)4)22(33)18(25(28)36)24(35)27(14,38)23(34)16(11)21(17)32/h10-11,14,19,24,31,33-35,38H,6-9H2,1-5H3,(H2,28,36)/t11-,14-,19-,24?,27-/m0/s1. The zero-order valence-electron chi connectivity index (χ0n) is 23.0. The van der Waals surface area contributed by atoms with Gasteiger partial charge >= 0.3 is 5.97 Å². The van der Waals surface area contributed by atoms with E-state index in [-0.39, 0.29) is 42.8 Å². The quantitative estimate of drug-likeness (QED) is 0.189. The molecule has 0 saturated heterocycles. The SMILES string of the molecule is COCCOC(=O)c1cc(N(C)C)c2c(c1O)C(=O)C1=C(O)[C@]3(O)C(O)C(C(N)=O)=C(O)[C@@H](N(C)C)[C@@H]3C[C@@H]1C2. The van der Waals surface area contributed by atoms with Crippen LogP contribution >= 0.6 is 0 Å². The number of likely N-dealkylation sites (N-methyl/N-ethyl adjacent to an activating group) is 1. The van der Waals surface area contributed by atoms with Gasteiger partial charge in [0.2, 0.25) is 0 Å². The van der Waals surface area contributed by atoms with Crippen LogP contribution in [0.4, 0.5) is 5.69 Å². The number of aromatic hydroxyl groups is 1. The first-order chi connectivity index (χ1) is 18.7. The Balaban J connectivity index is 1.92. The average Bonchev–Trinajstić information content (AvgIpc) is 2.85. The Morgan fingerprint density at radius 2 is 1.80 bits per heavy atom. The molecule has 40 heavy (non-hydrogen) atoms. The van der Waals surface area contributed by atoms with Gasteiger partial charge in [-0.05, 0) is 44.5 Å². The lowest BCUT2D eigenvalue weighted by Gasteiger charge is -2.53. The first-order valence-electron chi connectivity index (χ1n) is 12.7. The van der Waals surface area contributed by atoms with Gasteiger partial charge in [0.05, 0.1) is 23.8 Å². The molecule has 1 aromatic carbocycles. The van der Waals surface area contributed by atoms with Crippen molar-refractivity contribution in [3.05, 3.63) is 45.4 Å². The predicted molar refractivity (Wildman–Crippen MR) is 141 cm³/mol. The first-order valence-corrected chi connectivity index (χ1v) is 12.7. The molecular formula is C27H35N3O10. The predicted octanol–water partition coefficient (Wildman–Crippen LogP) is -0.218. The highest BCUT2D eigenvalue weighted by Crippen LogP contribution is 2.54. The fourth-order valence-electron chi connectivity index (χ4n) is 6.32. The topological polar surface area (TPSA) is 203 Å². The Kier molecular flexibility index (Phi) is 7.62. The average molecular weight is 562 g/mol. The molecule has 0 heterocycles. The molecule has 0 bridgehead atoms. The van der Waals surface area contributed by atoms with Gasteiger partial charge in [0.1, 0.15) is 35.5 Å². The fourth-order valence-corrected chi connectivity index (χ4v) is 6.32. The number of nitrogens with zero attached hydrogens (tertiary/aromatic N) is 2. The number of carbonyl (C=O) groups excluding carboxylic acids is 3. The molecule has 1 amide bonds. The molecular weight excluding hydrogens is 526 g/mol. The summed E-state index contributed by atoms with van der Waals surface area (Å²) in [6.45, 7) is 0.0275. The van der Waals surface area contributed by atoms with Crippen LogP contribution in [-0.4, -0.2) is 114 Å². The molecule has 3 aliphatic rings. The van der Waals surface area contributed by atoms with E-state index >= 15 is 0 Å². The molecule has 218 valence electrons. The third-order valence-corrected chi connectivity index (χ3v) is 8.12. The third kappa shape index (κ3) is 4.20. The zero-order valence-corrected chi connectivity index (χ0v) is 23.0. The Bertz CT molecular complexity index is 1330. The van der Waals surface area contributed by atoms with Crippen LogP contribution in [0.3, 0.4) is 0 Å². The minimum atomic E-state index is -2.55. The van der Waals surface area contributed by atoms with Crippen molar-refractivity contribution in [2.75, 3.05) is 53.4 Å². The van der Waals surface area contributed by atoms with Crippen molar-refractivity contribution >= 4 is 23.3 Å². The van der Waals surface area contributed by atoms with Gasteiger partial charge in [-0.3, -0.25) is 14.5 Å². The van der Waals surface area contributed by atoms with Gasteiger partial charge < -0.3 is 45.6 Å². The number of hydrogen-bond acceptors (Lipinski definition) is 12. The molecule has 0 aromatic heterocycles. The number of Topliss-reactive ketones (excluding diaryl/α,β-unsaturated/α-hetero) is 1. The van der Waals surface area contributed by atoms with Gasteiger partial charge in [0.25, 0.3) is 5.91 Å². The van der Waals surface area contributed by atoms with Gasteiger partial charge in [0, 0.05) is 38.4 Å². The number of amides is 1. The summed E-state index contributed by atoms with van der Waals surface area (Å²) in [7, 11) is 8.01. The third-order valence-electron chi connectivity index (χ3n) is 8.12. The number of phenols is 1. The number of ether oxygens (including phenoxy) is 2. The number of aliphatic hydroxyl groups excluding tert-OH is 3. The second-order valence-electron chi connectivity index (χ2n) is 10.8. The van der Waals surface area contributed by atoms with Gasteiger partial charge in [-0.1, -0.05) is 0 Å². The van der Waals surface area contributed by atoms with E-state index in [4.69, 9.17) is 15.2 Å². The van der Waals surface area contributed by atoms with Crippen LogP contribution in [0.5, 0.6) is 5.75 Å². The van der Waals surface area contributed by atoms with Crippen molar-refractivity contribution in [2.45, 2.75) is 30.6 Å². The Hall–Kier alpha value is -3.65. The van der Waals surface area contributed by atoms with Crippen LogP contribution in [0.25, 0.3) is 0 Å². The van der Waals surface area contributed by atoms with Gasteiger partial charge in [-0.25, -0.2) is 4.79 Å². The molecule has 5 atom stereocenters. The highest BCUT2D eigenvalue weighted by Gasteiger charge is 2.63. The van der Waals surface area contributed by atoms with E-state index in [1.165, 1.54) is 18.1 Å². The smallest absolute Gasteiger partial charge is 0.342 e. The fraction of sp³-hybridized carbons (Fsp3) is 0.519. The van der Waals surface area contributed by atoms with Crippen LogP contribution in [0.15, 0.2) is 28.7 Å². The normalized spacial score (nSPS) is 27.8. The number of primary amides is 1. The van der Waals surface area contributed by atoms with Crippen LogP contribution in [0, 0.1) is 11.8 Å². The van der Waals surface area contributed by atoms with Crippen molar-refractivity contribution in [3.8, 4) is 5.75 Å². The highest BCUT2D eigenvalue weighted by molar-refractivity contribution is 6.16. The molecule has 13 heteroatoms. The number of nitrogens with two attached hydrogens (primary N) is 1. The summed E-state index contributed by atoms with van der Waals surface area (Å²) in [4.78, 5) is 42.1. The second kappa shape index (κ2) is 10.4. The molecule has 0 fully saturated rings. The summed E-state index contributed by atoms with van der Waals surface area (Å²) < 4.78 is 10.0. The van der Waals surface area contributed by atoms with E-state index in [0.717, 1.165) is 0 Å². The molecule has 7 N–H and O–H groups in total. The van der Waals surface area contributed by atoms with Crippen molar-refractivity contribution in [3.63, 3.8) is 0 Å². The minimum absolute atomic E-state index is 0.0194. The first kappa shape index (κ1) is 29.3. The van der Waals surface area contributed by atoms with E-state index in [1.807, 2.05) is 0 Å². The number of ketones is 1. The van der Waals surface area contributed by atoms with Gasteiger partial charge in [-0.15, -0.1) is 0 Å². The summed E-state index contributed by atoms with van der Waals surface area (Å²) in [6.07, 6.45) is -2.00. The highest BCUT2D eigenvalue weighted by atomic mass is 16.6. The number of hydrogen-bond donors (Lipinski definition) is 6. The van der Waals surface area contributed by atoms with Crippen LogP contribution < -0.4 is 10.6 Å². The number of rotatable bonds is 7. The lowest BCUT2D eigenvalue weighted by molar-refractivity contribution is -0.143. The van der Waals surface area contributed by atoms with Gasteiger partial charge in [0.15, 0.2) is 11.4 Å². The monoisotopic (exact) mass is 561 g/mol. The molecule has 1 aromatic rings. The Morgan fingerprint density at radius 1 is 1.15 bits per heavy atom. The summed E-state index contributed by atoms with van der Waals surface area (Å²) in [5.41, 5.74) is 2.29. The maximum atomic E-state index is 14.0. The maximum Gasteiger partial charge on any atom is 0.342 e. The summed E-state index contributed by atoms with van der Waals surface area (Å²) in [5, 5.41) is 56.4. The van der Waals surface area contributed by atoms with E-state index in [1.54, 1.807) is 33.1 Å². The van der Waals surface area contributed by atoms with Crippen LogP contribution in [0.2, 0.25) is 0 Å². The van der Waals surface area contributed by atoms with Crippen molar-refractivity contribution in [2.24, 2.45) is 17.6 Å². The largest absolute Gasteiger partial charge is 0.510 e. The molecule has 0 aliphatic heterocycles. The number of fused-ring (bicyclic) bond motifs is 3. The van der Waals surface area contributed by atoms with Crippen LogP contribution in [-0.2, 0) is 20.7 Å². The number of esters is 1. The number of methoxy groups -OCH3 is 1. The van der Waals surface area contributed by atoms with Crippen LogP contribution in [0.1, 0.15) is 32.7 Å². The lowest BCUT2D eigenvalue weighted by atomic mass is 9.58. The molecule has 0 saturated carbocycles. The minimum Gasteiger partial charge on any atom is -0.510 e. The molecule has 0 spiro atoms. The molecule has 4 rings (SSSR count). The maximum absolute atomic E-state index is 14.0. The van der Waals surface area contributed by atoms with E-state index in [2.05, 4.69) is 0 Å². The van der Waals surface area contributed by atoms with E-state index < -0.39 is 70.1 Å². The number of aliphatic hydroxyl groups is 4. The lowest BCUT2D eigenvalue weighted by Crippen LogP contribution is -2.65. The molecule has 13 nitrogen and oxygen atoms in total. The summed E-state index contributed by atoms with van der Waals surface area (Å²) in [6, 6.07) is 0.396. The molecule has 1 unspecified atom stereocenters. The van der Waals surface area contributed by atoms with Gasteiger partial charge in [-0.2, -0.15) is 0 Å². The van der Waals surface area contributed by atoms with Crippen molar-refractivity contribution in [1.82, 2.24) is 4.90 Å². The summed E-state index contributed by atoms with van der Waals surface area (Å²) in [5.74, 6) is -6.73. The van der Waals surface area contributed by atoms with Crippen molar-refractivity contribution < 1.29 is 49.4 Å². The number of anilines is 1. The number of phenolic OH excluding ortho intramolecular Hbond substituents is 1. The number of carbonyl (C=O) groups is 3. The molecule has 3 aliphatic carbocycles. The zero-order chi connectivity index (χ0) is 29.8. The Labute approximate surface area is 230 Å².